The average Bonchev–Trinajstić information content (AvgIpc) is 3.67. The molecule has 0 saturated carbocycles. The molecule has 0 N–H and O–H groups in total. The number of aromatic nitrogens is 4. The van der Waals surface area contributed by atoms with Gasteiger partial charge in [-0.25, -0.2) is 4.98 Å². The Bertz CT molecular complexity index is 2660. The van der Waals surface area contributed by atoms with Crippen LogP contribution in [-0.2, 0) is 10.8 Å². The van der Waals surface area contributed by atoms with Gasteiger partial charge in [0.15, 0.2) is 11.6 Å². The zero-order valence-corrected chi connectivity index (χ0v) is 28.0. The van der Waals surface area contributed by atoms with E-state index in [1.807, 2.05) is 18.2 Å². The van der Waals surface area contributed by atoms with Crippen molar-refractivity contribution < 1.29 is 0 Å². The van der Waals surface area contributed by atoms with Crippen LogP contribution in [0.5, 0.6) is 0 Å². The van der Waals surface area contributed by atoms with Gasteiger partial charge in [-0.3, -0.25) is 4.57 Å². The third kappa shape index (κ3) is 3.89. The molecule has 2 aliphatic rings. The Morgan fingerprint density at radius 2 is 0.980 bits per heavy atom. The second-order valence-electron chi connectivity index (χ2n) is 14.5. The van der Waals surface area contributed by atoms with Gasteiger partial charge < -0.3 is 0 Å². The second kappa shape index (κ2) is 9.83. The first-order chi connectivity index (χ1) is 23.8. The van der Waals surface area contributed by atoms with Gasteiger partial charge >= 0.3 is 0 Å². The van der Waals surface area contributed by atoms with Crippen LogP contribution in [0.15, 0.2) is 133 Å². The molecule has 2 aliphatic carbocycles. The highest BCUT2D eigenvalue weighted by atomic mass is 15.2. The van der Waals surface area contributed by atoms with Crippen LogP contribution in [0.3, 0.4) is 0 Å². The van der Waals surface area contributed by atoms with Crippen LogP contribution in [0, 0.1) is 0 Å². The van der Waals surface area contributed by atoms with E-state index in [0.29, 0.717) is 17.6 Å². The highest BCUT2D eigenvalue weighted by Crippen LogP contribution is 2.51. The molecule has 10 rings (SSSR count). The molecule has 2 aromatic heterocycles. The van der Waals surface area contributed by atoms with E-state index in [0.717, 1.165) is 22.2 Å². The fourth-order valence-corrected chi connectivity index (χ4v) is 8.53. The van der Waals surface area contributed by atoms with Gasteiger partial charge in [-0.1, -0.05) is 137 Å². The largest absolute Gasteiger partial charge is 0.278 e. The molecule has 234 valence electrons. The maximum Gasteiger partial charge on any atom is 0.238 e. The third-order valence-corrected chi connectivity index (χ3v) is 11.1. The van der Waals surface area contributed by atoms with Crippen molar-refractivity contribution in [1.82, 2.24) is 19.5 Å². The summed E-state index contributed by atoms with van der Waals surface area (Å²) >= 11 is 0. The molecular formula is C45H34N4. The molecule has 0 bridgehead atoms. The maximum absolute atomic E-state index is 5.30. The topological polar surface area (TPSA) is 43.6 Å². The molecule has 0 radical (unpaired) electrons. The van der Waals surface area contributed by atoms with Gasteiger partial charge in [-0.05, 0) is 68.8 Å². The summed E-state index contributed by atoms with van der Waals surface area (Å²) in [4.78, 5) is 15.7. The van der Waals surface area contributed by atoms with E-state index in [2.05, 4.69) is 148 Å². The highest BCUT2D eigenvalue weighted by Gasteiger charge is 2.37. The summed E-state index contributed by atoms with van der Waals surface area (Å²) in [7, 11) is 0. The predicted octanol–water partition coefficient (Wildman–Crippen LogP) is 10.9. The molecule has 0 aliphatic heterocycles. The van der Waals surface area contributed by atoms with E-state index in [9.17, 15) is 0 Å². The summed E-state index contributed by atoms with van der Waals surface area (Å²) in [6.07, 6.45) is 0. The first-order valence-corrected chi connectivity index (χ1v) is 17.0. The minimum absolute atomic E-state index is 0.127. The molecule has 2 heterocycles. The van der Waals surface area contributed by atoms with E-state index < -0.39 is 0 Å². The first-order valence-electron chi connectivity index (χ1n) is 17.0. The molecule has 4 heteroatoms. The minimum atomic E-state index is -0.129. The molecule has 0 spiro atoms. The minimum Gasteiger partial charge on any atom is -0.278 e. The lowest BCUT2D eigenvalue weighted by atomic mass is 9.82. The first kappa shape index (κ1) is 28.2. The zero-order valence-electron chi connectivity index (χ0n) is 28.0. The number of hydrogen-bond donors (Lipinski definition) is 0. The van der Waals surface area contributed by atoms with E-state index >= 15 is 0 Å². The van der Waals surface area contributed by atoms with E-state index in [1.165, 1.54) is 55.3 Å². The summed E-state index contributed by atoms with van der Waals surface area (Å²) in [6, 6.07) is 47.9. The molecular weight excluding hydrogens is 597 g/mol. The van der Waals surface area contributed by atoms with Crippen LogP contribution in [0.2, 0.25) is 0 Å². The van der Waals surface area contributed by atoms with E-state index in [4.69, 9.17) is 15.0 Å². The molecule has 8 aromatic rings. The summed E-state index contributed by atoms with van der Waals surface area (Å²) < 4.78 is 2.24. The Morgan fingerprint density at radius 3 is 1.71 bits per heavy atom. The van der Waals surface area contributed by atoms with Crippen molar-refractivity contribution in [3.8, 4) is 51.0 Å². The Hall–Kier alpha value is -5.87. The van der Waals surface area contributed by atoms with Crippen LogP contribution < -0.4 is 0 Å². The number of para-hydroxylation sites is 1. The number of nitrogens with zero attached hydrogens (tertiary/aromatic N) is 4. The molecule has 0 saturated heterocycles. The monoisotopic (exact) mass is 630 g/mol. The van der Waals surface area contributed by atoms with Gasteiger partial charge in [0.05, 0.1) is 11.0 Å². The fourth-order valence-electron chi connectivity index (χ4n) is 8.53. The summed E-state index contributed by atoms with van der Waals surface area (Å²) in [6.45, 7) is 9.29. The average molecular weight is 631 g/mol. The molecule has 0 atom stereocenters. The van der Waals surface area contributed by atoms with Crippen molar-refractivity contribution in [1.29, 1.82) is 0 Å². The van der Waals surface area contributed by atoms with Crippen molar-refractivity contribution in [2.75, 3.05) is 0 Å². The Morgan fingerprint density at radius 1 is 0.408 bits per heavy atom. The number of rotatable bonds is 3. The lowest BCUT2D eigenvalue weighted by molar-refractivity contribution is 0.660. The van der Waals surface area contributed by atoms with Gasteiger partial charge in [0.25, 0.3) is 0 Å². The second-order valence-corrected chi connectivity index (χ2v) is 14.5. The van der Waals surface area contributed by atoms with Crippen molar-refractivity contribution in [2.24, 2.45) is 0 Å². The van der Waals surface area contributed by atoms with Gasteiger partial charge in [0.2, 0.25) is 5.95 Å². The number of fused-ring (bicyclic) bond motifs is 9. The summed E-state index contributed by atoms with van der Waals surface area (Å²) in [5, 5.41) is 2.38. The Kier molecular flexibility index (Phi) is 5.65. The van der Waals surface area contributed by atoms with Crippen molar-refractivity contribution in [2.45, 2.75) is 38.5 Å². The van der Waals surface area contributed by atoms with Gasteiger partial charge in [-0.15, -0.1) is 0 Å². The molecule has 0 unspecified atom stereocenters. The van der Waals surface area contributed by atoms with Crippen molar-refractivity contribution >= 4 is 21.8 Å². The standard InChI is InChI=1S/C45H34N4/c1-44(2)35-19-11-8-16-29(35)31-23-22-28(24-37(31)44)42-46-41(27-14-6-5-7-15-27)47-43(48-42)49-39-21-13-10-18-32(39)34-25-33-30-17-9-12-20-36(30)45(3,4)38(33)26-40(34)49/h5-26H,1-4H3. The van der Waals surface area contributed by atoms with Crippen LogP contribution in [-0.4, -0.2) is 19.5 Å². The predicted molar refractivity (Wildman–Crippen MR) is 200 cm³/mol. The SMILES string of the molecule is CC1(C)c2ccccc2-c2ccc(-c3nc(-c4ccccc4)nc(-n4c5ccccc5c5cc6c(cc54)C(C)(C)c4ccccc4-6)n3)cc21. The number of hydrogen-bond acceptors (Lipinski definition) is 3. The van der Waals surface area contributed by atoms with E-state index in [1.54, 1.807) is 0 Å². The molecule has 49 heavy (non-hydrogen) atoms. The normalized spacial score (nSPS) is 14.9. The zero-order chi connectivity index (χ0) is 33.1. The number of benzene rings is 6. The van der Waals surface area contributed by atoms with Crippen LogP contribution in [0.25, 0.3) is 72.8 Å². The van der Waals surface area contributed by atoms with Gasteiger partial charge in [0.1, 0.15) is 0 Å². The third-order valence-electron chi connectivity index (χ3n) is 11.1. The smallest absolute Gasteiger partial charge is 0.238 e. The Balaban J connectivity index is 1.24. The van der Waals surface area contributed by atoms with Crippen LogP contribution >= 0.6 is 0 Å². The van der Waals surface area contributed by atoms with Gasteiger partial charge in [0, 0.05) is 32.7 Å². The van der Waals surface area contributed by atoms with Crippen LogP contribution in [0.4, 0.5) is 0 Å². The lowest BCUT2D eigenvalue weighted by Crippen LogP contribution is -2.15. The quantitative estimate of drug-likeness (QED) is 0.195. The summed E-state index contributed by atoms with van der Waals surface area (Å²) in [5.41, 5.74) is 14.4. The maximum atomic E-state index is 5.30. The van der Waals surface area contributed by atoms with Crippen molar-refractivity contribution in [3.63, 3.8) is 0 Å². The molecule has 6 aromatic carbocycles. The van der Waals surface area contributed by atoms with Gasteiger partial charge in [-0.2, -0.15) is 9.97 Å². The van der Waals surface area contributed by atoms with E-state index in [-0.39, 0.29) is 10.8 Å². The summed E-state index contributed by atoms with van der Waals surface area (Å²) in [5.74, 6) is 1.94. The Labute approximate surface area is 285 Å². The lowest BCUT2D eigenvalue weighted by Gasteiger charge is -2.22. The highest BCUT2D eigenvalue weighted by molar-refractivity contribution is 6.11. The molecule has 0 fully saturated rings. The molecule has 4 nitrogen and oxygen atoms in total. The fraction of sp³-hybridized carbons (Fsp3) is 0.133. The van der Waals surface area contributed by atoms with Crippen LogP contribution in [0.1, 0.15) is 49.9 Å². The van der Waals surface area contributed by atoms with Crippen molar-refractivity contribution in [3.05, 3.63) is 156 Å². The molecule has 0 amide bonds.